The zero-order valence-electron chi connectivity index (χ0n) is 18.8. The number of hydrogen-bond acceptors (Lipinski definition) is 7. The summed E-state index contributed by atoms with van der Waals surface area (Å²) in [7, 11) is -2.19. The maximum atomic E-state index is 14.1. The lowest BCUT2D eigenvalue weighted by Gasteiger charge is -2.52. The number of hydrogen-bond donors (Lipinski definition) is 0. The van der Waals surface area contributed by atoms with Gasteiger partial charge in [-0.15, -0.1) is 0 Å². The molecule has 0 bridgehead atoms. The highest BCUT2D eigenvalue weighted by Gasteiger charge is 2.57. The van der Waals surface area contributed by atoms with E-state index in [0.29, 0.717) is 4.90 Å². The molecule has 1 unspecified atom stereocenters. The average Bonchev–Trinajstić information content (AvgIpc) is 2.88. The first-order chi connectivity index (χ1) is 16.1. The number of likely N-dealkylation sites (tertiary alicyclic amines) is 1. The van der Waals surface area contributed by atoms with Crippen molar-refractivity contribution in [1.29, 1.82) is 0 Å². The van der Waals surface area contributed by atoms with E-state index in [2.05, 4.69) is 4.90 Å². The molecular weight excluding hydrogens is 442 g/mol. The lowest BCUT2D eigenvalue weighted by Crippen LogP contribution is -2.69. The van der Waals surface area contributed by atoms with Crippen molar-refractivity contribution in [1.82, 2.24) is 4.90 Å². The first-order valence-corrected chi connectivity index (χ1v) is 13.2. The van der Waals surface area contributed by atoms with Crippen LogP contribution in [0.3, 0.4) is 0 Å². The summed E-state index contributed by atoms with van der Waals surface area (Å²) < 4.78 is 52.7. The summed E-state index contributed by atoms with van der Waals surface area (Å²) in [5, 5.41) is -0.850. The molecule has 2 aromatic carbocycles. The molecule has 3 fully saturated rings. The lowest BCUT2D eigenvalue weighted by molar-refractivity contribution is -0.325. The second kappa shape index (κ2) is 9.82. The fourth-order valence-corrected chi connectivity index (χ4v) is 7.37. The molecule has 3 heterocycles. The summed E-state index contributed by atoms with van der Waals surface area (Å²) in [6.45, 7) is 1.85. The summed E-state index contributed by atoms with van der Waals surface area (Å²) in [6, 6.07) is 17.8. The Kier molecular flexibility index (Phi) is 6.83. The number of fused-ring (bicyclic) bond motifs is 1. The first-order valence-electron chi connectivity index (χ1n) is 11.6. The lowest BCUT2D eigenvalue weighted by atomic mass is 9.95. The van der Waals surface area contributed by atoms with E-state index in [1.54, 1.807) is 31.4 Å². The minimum atomic E-state index is -3.76. The highest BCUT2D eigenvalue weighted by atomic mass is 32.2. The Labute approximate surface area is 195 Å². The molecule has 0 aromatic heterocycles. The standard InChI is InChI=1S/C25H31NO6S/c1-29-25-21(26-15-9-4-10-16-26)23(33(27,28)19-13-7-3-8-14-19)22-20(31-25)17-30-24(32-22)18-11-5-2-6-12-18/h2-3,5-8,11-14,20-25H,4,9-10,15-17H2,1H3/t20-,21-,22-,23-,24?,25+/m1/s1. The van der Waals surface area contributed by atoms with Gasteiger partial charge in [-0.05, 0) is 38.1 Å². The summed E-state index contributed by atoms with van der Waals surface area (Å²) in [5.41, 5.74) is 0.857. The molecule has 0 saturated carbocycles. The third-order valence-electron chi connectivity index (χ3n) is 6.85. The third kappa shape index (κ3) is 4.48. The Morgan fingerprint density at radius 3 is 2.24 bits per heavy atom. The monoisotopic (exact) mass is 473 g/mol. The summed E-state index contributed by atoms with van der Waals surface area (Å²) in [4.78, 5) is 2.51. The van der Waals surface area contributed by atoms with Crippen LogP contribution in [0, 0.1) is 0 Å². The minimum absolute atomic E-state index is 0.234. The molecule has 7 nitrogen and oxygen atoms in total. The number of benzene rings is 2. The van der Waals surface area contributed by atoms with Crippen molar-refractivity contribution in [3.63, 3.8) is 0 Å². The van der Waals surface area contributed by atoms with Gasteiger partial charge in [0, 0.05) is 12.7 Å². The van der Waals surface area contributed by atoms with Gasteiger partial charge in [-0.3, -0.25) is 4.90 Å². The van der Waals surface area contributed by atoms with Crippen molar-refractivity contribution in [3.8, 4) is 0 Å². The first kappa shape index (κ1) is 23.0. The van der Waals surface area contributed by atoms with Crippen LogP contribution in [-0.2, 0) is 28.8 Å². The Bertz CT molecular complexity index is 1010. The SMILES string of the molecule is CO[C@H]1O[C@@H]2COC(c3ccccc3)O[C@H]2[C@H](S(=O)(=O)c2ccccc2)[C@H]1N1CCCCC1. The van der Waals surface area contributed by atoms with Crippen LogP contribution in [0.25, 0.3) is 0 Å². The second-order valence-electron chi connectivity index (χ2n) is 8.87. The predicted octanol–water partition coefficient (Wildman–Crippen LogP) is 3.17. The molecule has 2 aromatic rings. The van der Waals surface area contributed by atoms with Crippen molar-refractivity contribution < 1.29 is 27.4 Å². The highest BCUT2D eigenvalue weighted by Crippen LogP contribution is 2.40. The van der Waals surface area contributed by atoms with Crippen molar-refractivity contribution in [2.24, 2.45) is 0 Å². The minimum Gasteiger partial charge on any atom is -0.354 e. The van der Waals surface area contributed by atoms with Gasteiger partial charge in [0.1, 0.15) is 17.5 Å². The molecule has 0 radical (unpaired) electrons. The van der Waals surface area contributed by atoms with E-state index in [-0.39, 0.29) is 6.61 Å². The van der Waals surface area contributed by atoms with Crippen LogP contribution in [0.15, 0.2) is 65.6 Å². The smallest absolute Gasteiger partial charge is 0.185 e. The third-order valence-corrected chi connectivity index (χ3v) is 9.05. The number of nitrogens with zero attached hydrogens (tertiary/aromatic N) is 1. The summed E-state index contributed by atoms with van der Waals surface area (Å²) >= 11 is 0. The maximum absolute atomic E-state index is 14.1. The van der Waals surface area contributed by atoms with E-state index in [4.69, 9.17) is 18.9 Å². The number of ether oxygens (including phenoxy) is 4. The topological polar surface area (TPSA) is 74.3 Å². The second-order valence-corrected chi connectivity index (χ2v) is 11.0. The summed E-state index contributed by atoms with van der Waals surface area (Å²) in [6.07, 6.45) is 0.626. The van der Waals surface area contributed by atoms with E-state index in [9.17, 15) is 8.42 Å². The fourth-order valence-electron chi connectivity index (χ4n) is 5.26. The molecule has 0 N–H and O–H groups in total. The molecule has 8 heteroatoms. The molecule has 0 spiro atoms. The molecule has 33 heavy (non-hydrogen) atoms. The Balaban J connectivity index is 1.56. The van der Waals surface area contributed by atoms with Crippen LogP contribution in [-0.4, -0.2) is 69.9 Å². The molecule has 3 aliphatic rings. The van der Waals surface area contributed by atoms with Gasteiger partial charge in [0.05, 0.1) is 17.5 Å². The fraction of sp³-hybridized carbons (Fsp3) is 0.520. The molecular formula is C25H31NO6S. The van der Waals surface area contributed by atoms with Crippen LogP contribution in [0.2, 0.25) is 0 Å². The number of piperidine rings is 1. The Morgan fingerprint density at radius 2 is 1.58 bits per heavy atom. The van der Waals surface area contributed by atoms with Crippen molar-refractivity contribution in [2.45, 2.75) is 60.2 Å². The predicted molar refractivity (Wildman–Crippen MR) is 122 cm³/mol. The largest absolute Gasteiger partial charge is 0.354 e. The van der Waals surface area contributed by atoms with Crippen molar-refractivity contribution >= 4 is 9.84 Å². The van der Waals surface area contributed by atoms with Crippen LogP contribution >= 0.6 is 0 Å². The zero-order valence-corrected chi connectivity index (χ0v) is 19.6. The molecule has 3 aliphatic heterocycles. The molecule has 5 rings (SSSR count). The summed E-state index contributed by atoms with van der Waals surface area (Å²) in [5.74, 6) is 0. The molecule has 3 saturated heterocycles. The van der Waals surface area contributed by atoms with Crippen LogP contribution in [0.1, 0.15) is 31.1 Å². The van der Waals surface area contributed by atoms with Gasteiger partial charge in [-0.2, -0.15) is 0 Å². The highest BCUT2D eigenvalue weighted by molar-refractivity contribution is 7.92. The van der Waals surface area contributed by atoms with Crippen LogP contribution in [0.4, 0.5) is 0 Å². The van der Waals surface area contributed by atoms with E-state index < -0.39 is 45.9 Å². The normalized spacial score (nSPS) is 33.4. The van der Waals surface area contributed by atoms with E-state index in [1.807, 2.05) is 36.4 Å². The number of sulfone groups is 1. The van der Waals surface area contributed by atoms with Gasteiger partial charge in [0.25, 0.3) is 0 Å². The van der Waals surface area contributed by atoms with Gasteiger partial charge in [-0.25, -0.2) is 8.42 Å². The molecule has 6 atom stereocenters. The number of rotatable bonds is 5. The van der Waals surface area contributed by atoms with E-state index in [1.165, 1.54) is 0 Å². The van der Waals surface area contributed by atoms with Gasteiger partial charge in [0.15, 0.2) is 22.4 Å². The molecule has 0 amide bonds. The zero-order chi connectivity index (χ0) is 22.8. The molecule has 178 valence electrons. The van der Waals surface area contributed by atoms with Crippen LogP contribution < -0.4 is 0 Å². The number of methoxy groups -OCH3 is 1. The van der Waals surface area contributed by atoms with E-state index in [0.717, 1.165) is 37.9 Å². The van der Waals surface area contributed by atoms with E-state index >= 15 is 0 Å². The quantitative estimate of drug-likeness (QED) is 0.660. The Morgan fingerprint density at radius 1 is 0.909 bits per heavy atom. The van der Waals surface area contributed by atoms with Gasteiger partial charge in [0.2, 0.25) is 0 Å². The van der Waals surface area contributed by atoms with Gasteiger partial charge < -0.3 is 18.9 Å². The molecule has 0 aliphatic carbocycles. The van der Waals surface area contributed by atoms with Crippen molar-refractivity contribution in [2.75, 3.05) is 26.8 Å². The Hall–Kier alpha value is -1.81. The average molecular weight is 474 g/mol. The van der Waals surface area contributed by atoms with Crippen LogP contribution in [0.5, 0.6) is 0 Å². The van der Waals surface area contributed by atoms with Crippen molar-refractivity contribution in [3.05, 3.63) is 66.2 Å². The maximum Gasteiger partial charge on any atom is 0.185 e. The van der Waals surface area contributed by atoms with Gasteiger partial charge in [-0.1, -0.05) is 55.0 Å². The van der Waals surface area contributed by atoms with Gasteiger partial charge >= 0.3 is 0 Å².